The minimum absolute atomic E-state index is 0.100. The molecule has 0 unspecified atom stereocenters. The van der Waals surface area contributed by atoms with Crippen LogP contribution in [0.4, 0.5) is 5.69 Å². The number of nitrogens with one attached hydrogen (secondary N) is 2. The van der Waals surface area contributed by atoms with Crippen LogP contribution in [-0.4, -0.2) is 32.2 Å². The Morgan fingerprint density at radius 3 is 2.33 bits per heavy atom. The number of methoxy groups -OCH3 is 3. The molecule has 6 heteroatoms. The molecule has 3 rings (SSSR count). The molecule has 142 valence electrons. The Labute approximate surface area is 158 Å². The van der Waals surface area contributed by atoms with Crippen LogP contribution >= 0.6 is 0 Å². The second kappa shape index (κ2) is 8.03. The van der Waals surface area contributed by atoms with E-state index < -0.39 is 0 Å². The molecule has 0 aliphatic rings. The first kappa shape index (κ1) is 18.6. The van der Waals surface area contributed by atoms with E-state index in [4.69, 9.17) is 14.2 Å². The van der Waals surface area contributed by atoms with Crippen LogP contribution in [0.2, 0.25) is 0 Å². The van der Waals surface area contributed by atoms with Gasteiger partial charge in [0.25, 0.3) is 0 Å². The van der Waals surface area contributed by atoms with Crippen molar-refractivity contribution in [3.63, 3.8) is 0 Å². The monoisotopic (exact) mass is 368 g/mol. The van der Waals surface area contributed by atoms with Crippen LogP contribution in [0.25, 0.3) is 10.9 Å². The molecule has 3 aromatic rings. The second-order valence-electron chi connectivity index (χ2n) is 6.16. The molecule has 0 aliphatic heterocycles. The van der Waals surface area contributed by atoms with Crippen LogP contribution in [0.5, 0.6) is 17.2 Å². The number of aromatic amines is 1. The number of ether oxygens (including phenoxy) is 3. The molecule has 0 spiro atoms. The summed E-state index contributed by atoms with van der Waals surface area (Å²) in [5.74, 6) is 1.51. The van der Waals surface area contributed by atoms with Crippen molar-refractivity contribution in [2.24, 2.45) is 0 Å². The highest BCUT2D eigenvalue weighted by Gasteiger charge is 2.20. The van der Waals surface area contributed by atoms with Crippen LogP contribution in [0.15, 0.2) is 36.5 Å². The molecule has 0 fully saturated rings. The topological polar surface area (TPSA) is 72.6 Å². The molecule has 1 aromatic heterocycles. The van der Waals surface area contributed by atoms with Gasteiger partial charge in [0, 0.05) is 23.3 Å². The van der Waals surface area contributed by atoms with Crippen LogP contribution in [-0.2, 0) is 17.6 Å². The molecule has 2 N–H and O–H groups in total. The maximum absolute atomic E-state index is 12.5. The third kappa shape index (κ3) is 3.69. The Morgan fingerprint density at radius 1 is 1.04 bits per heavy atom. The summed E-state index contributed by atoms with van der Waals surface area (Å²) in [7, 11) is 4.71. The fourth-order valence-electron chi connectivity index (χ4n) is 3.17. The van der Waals surface area contributed by atoms with Gasteiger partial charge in [0.05, 0.1) is 33.3 Å². The highest BCUT2D eigenvalue weighted by molar-refractivity contribution is 5.99. The lowest BCUT2D eigenvalue weighted by atomic mass is 10.1. The van der Waals surface area contributed by atoms with Crippen LogP contribution in [0, 0.1) is 0 Å². The first-order valence-corrected chi connectivity index (χ1v) is 8.79. The van der Waals surface area contributed by atoms with E-state index in [0.717, 1.165) is 28.6 Å². The van der Waals surface area contributed by atoms with E-state index >= 15 is 0 Å². The number of anilines is 1. The van der Waals surface area contributed by atoms with Gasteiger partial charge in [0.2, 0.25) is 11.7 Å². The summed E-state index contributed by atoms with van der Waals surface area (Å²) < 4.78 is 16.4. The molecule has 0 saturated carbocycles. The number of aryl methyl sites for hydroxylation is 1. The minimum Gasteiger partial charge on any atom is -0.493 e. The van der Waals surface area contributed by atoms with E-state index in [2.05, 4.69) is 17.2 Å². The molecule has 27 heavy (non-hydrogen) atoms. The first-order chi connectivity index (χ1) is 13.1. The predicted molar refractivity (Wildman–Crippen MR) is 106 cm³/mol. The summed E-state index contributed by atoms with van der Waals surface area (Å²) in [6.45, 7) is 2.10. The van der Waals surface area contributed by atoms with E-state index in [1.54, 1.807) is 21.3 Å². The van der Waals surface area contributed by atoms with Crippen molar-refractivity contribution in [2.45, 2.75) is 19.8 Å². The smallest absolute Gasteiger partial charge is 0.228 e. The zero-order valence-electron chi connectivity index (χ0n) is 16.0. The number of fused-ring (bicyclic) bond motifs is 1. The Hall–Kier alpha value is -3.15. The SMILES string of the molecule is CCc1ccc(NC(=O)Cc2c[nH]c3cc(OC)c(OC)c(OC)c23)cc1. The number of aromatic nitrogens is 1. The minimum atomic E-state index is -0.100. The number of carbonyl (C=O) groups excluding carboxylic acids is 1. The average molecular weight is 368 g/mol. The zero-order chi connectivity index (χ0) is 19.4. The third-order valence-electron chi connectivity index (χ3n) is 4.55. The lowest BCUT2D eigenvalue weighted by Crippen LogP contribution is -2.14. The van der Waals surface area contributed by atoms with Crippen molar-refractivity contribution in [1.82, 2.24) is 4.98 Å². The zero-order valence-corrected chi connectivity index (χ0v) is 16.0. The van der Waals surface area contributed by atoms with Gasteiger partial charge < -0.3 is 24.5 Å². The molecule has 2 aromatic carbocycles. The summed E-state index contributed by atoms with van der Waals surface area (Å²) in [6, 6.07) is 9.70. The Bertz CT molecular complexity index is 945. The molecule has 6 nitrogen and oxygen atoms in total. The molecule has 1 heterocycles. The fraction of sp³-hybridized carbons (Fsp3) is 0.286. The number of amides is 1. The number of hydrogen-bond donors (Lipinski definition) is 2. The maximum Gasteiger partial charge on any atom is 0.228 e. The van der Waals surface area contributed by atoms with Gasteiger partial charge in [-0.15, -0.1) is 0 Å². The Morgan fingerprint density at radius 2 is 1.74 bits per heavy atom. The normalized spacial score (nSPS) is 10.7. The largest absolute Gasteiger partial charge is 0.493 e. The van der Waals surface area contributed by atoms with Crippen LogP contribution in [0.3, 0.4) is 0 Å². The number of rotatable bonds is 7. The first-order valence-electron chi connectivity index (χ1n) is 8.79. The molecular weight excluding hydrogens is 344 g/mol. The fourth-order valence-corrected chi connectivity index (χ4v) is 3.17. The third-order valence-corrected chi connectivity index (χ3v) is 4.55. The lowest BCUT2D eigenvalue weighted by Gasteiger charge is -2.14. The van der Waals surface area contributed by atoms with Gasteiger partial charge in [-0.3, -0.25) is 4.79 Å². The van der Waals surface area contributed by atoms with E-state index in [1.807, 2.05) is 36.5 Å². The number of benzene rings is 2. The Kier molecular flexibility index (Phi) is 5.54. The van der Waals surface area contributed by atoms with Crippen molar-refractivity contribution < 1.29 is 19.0 Å². The number of H-pyrrole nitrogens is 1. The summed E-state index contributed by atoms with van der Waals surface area (Å²) in [5.41, 5.74) is 3.66. The standard InChI is InChI=1S/C21H24N2O4/c1-5-13-6-8-15(9-7-13)23-18(24)10-14-12-22-16-11-17(25-2)20(26-3)21(27-4)19(14)16/h6-9,11-12,22H,5,10H2,1-4H3,(H,23,24). The van der Waals surface area contributed by atoms with Gasteiger partial charge in [-0.1, -0.05) is 19.1 Å². The van der Waals surface area contributed by atoms with E-state index in [-0.39, 0.29) is 12.3 Å². The average Bonchev–Trinajstić information content (AvgIpc) is 3.09. The summed E-state index contributed by atoms with van der Waals surface area (Å²) in [5, 5.41) is 3.75. The lowest BCUT2D eigenvalue weighted by molar-refractivity contribution is -0.115. The second-order valence-corrected chi connectivity index (χ2v) is 6.16. The van der Waals surface area contributed by atoms with Gasteiger partial charge >= 0.3 is 0 Å². The van der Waals surface area contributed by atoms with Crippen molar-refractivity contribution in [2.75, 3.05) is 26.6 Å². The maximum atomic E-state index is 12.5. The molecule has 0 saturated heterocycles. The number of hydrogen-bond acceptors (Lipinski definition) is 4. The molecule has 0 aliphatic carbocycles. The molecule has 1 amide bonds. The summed E-state index contributed by atoms with van der Waals surface area (Å²) in [6.07, 6.45) is 2.99. The highest BCUT2D eigenvalue weighted by atomic mass is 16.5. The summed E-state index contributed by atoms with van der Waals surface area (Å²) in [4.78, 5) is 15.7. The van der Waals surface area contributed by atoms with Crippen molar-refractivity contribution >= 4 is 22.5 Å². The van der Waals surface area contributed by atoms with Crippen molar-refractivity contribution in [3.8, 4) is 17.2 Å². The van der Waals surface area contributed by atoms with Crippen molar-refractivity contribution in [1.29, 1.82) is 0 Å². The predicted octanol–water partition coefficient (Wildman–Crippen LogP) is 3.94. The van der Waals surface area contributed by atoms with Gasteiger partial charge in [-0.05, 0) is 29.7 Å². The molecule has 0 radical (unpaired) electrons. The van der Waals surface area contributed by atoms with Gasteiger partial charge in [-0.2, -0.15) is 0 Å². The Balaban J connectivity index is 1.89. The number of carbonyl (C=O) groups is 1. The van der Waals surface area contributed by atoms with E-state index in [9.17, 15) is 4.79 Å². The molecule has 0 atom stereocenters. The van der Waals surface area contributed by atoms with Crippen LogP contribution in [0.1, 0.15) is 18.1 Å². The van der Waals surface area contributed by atoms with E-state index in [1.165, 1.54) is 5.56 Å². The summed E-state index contributed by atoms with van der Waals surface area (Å²) >= 11 is 0. The molecule has 0 bridgehead atoms. The van der Waals surface area contributed by atoms with Gasteiger partial charge in [0.1, 0.15) is 0 Å². The van der Waals surface area contributed by atoms with Crippen molar-refractivity contribution in [3.05, 3.63) is 47.7 Å². The molecular formula is C21H24N2O4. The quantitative estimate of drug-likeness (QED) is 0.663. The van der Waals surface area contributed by atoms with Gasteiger partial charge in [-0.25, -0.2) is 0 Å². The van der Waals surface area contributed by atoms with Gasteiger partial charge in [0.15, 0.2) is 11.5 Å². The van der Waals surface area contributed by atoms with Crippen LogP contribution < -0.4 is 19.5 Å². The highest BCUT2D eigenvalue weighted by Crippen LogP contribution is 2.44. The van der Waals surface area contributed by atoms with E-state index in [0.29, 0.717) is 17.2 Å².